The van der Waals surface area contributed by atoms with Crippen LogP contribution in [0.4, 0.5) is 13.2 Å². The molecule has 5 heteroatoms. The van der Waals surface area contributed by atoms with Crippen molar-refractivity contribution in [1.82, 2.24) is 5.43 Å². The van der Waals surface area contributed by atoms with Gasteiger partial charge in [-0.3, -0.25) is 11.3 Å². The van der Waals surface area contributed by atoms with Crippen molar-refractivity contribution in [2.75, 3.05) is 0 Å². The van der Waals surface area contributed by atoms with Crippen LogP contribution in [0.15, 0.2) is 12.1 Å². The first-order valence-electron chi connectivity index (χ1n) is 6.66. The van der Waals surface area contributed by atoms with Gasteiger partial charge in [0.2, 0.25) is 0 Å². The first kappa shape index (κ1) is 16.0. The number of nitrogens with two attached hydrogens (primary N) is 1. The maximum absolute atomic E-state index is 13.8. The quantitative estimate of drug-likeness (QED) is 0.450. The van der Waals surface area contributed by atoms with Gasteiger partial charge >= 0.3 is 0 Å². The van der Waals surface area contributed by atoms with Gasteiger partial charge in [0.05, 0.1) is 6.04 Å². The van der Waals surface area contributed by atoms with E-state index in [1.165, 1.54) is 6.07 Å². The molecule has 0 radical (unpaired) electrons. The van der Waals surface area contributed by atoms with Crippen LogP contribution in [0.2, 0.25) is 0 Å². The highest BCUT2D eigenvalue weighted by molar-refractivity contribution is 5.24. The minimum atomic E-state index is -1.44. The Morgan fingerprint density at radius 1 is 1.05 bits per heavy atom. The van der Waals surface area contributed by atoms with Crippen molar-refractivity contribution in [3.8, 4) is 0 Å². The summed E-state index contributed by atoms with van der Waals surface area (Å²) in [6, 6.07) is 1.69. The maximum Gasteiger partial charge on any atom is 0.194 e. The highest BCUT2D eigenvalue weighted by Crippen LogP contribution is 2.31. The molecular weight excluding hydrogens is 253 g/mol. The van der Waals surface area contributed by atoms with Crippen molar-refractivity contribution in [2.24, 2.45) is 11.8 Å². The normalized spacial score (nSPS) is 13.0. The molecule has 1 rings (SSSR count). The van der Waals surface area contributed by atoms with Crippen LogP contribution in [0.1, 0.15) is 51.1 Å². The van der Waals surface area contributed by atoms with Gasteiger partial charge in [-0.15, -0.1) is 0 Å². The van der Waals surface area contributed by atoms with Crippen LogP contribution in [0.3, 0.4) is 0 Å². The van der Waals surface area contributed by atoms with E-state index >= 15 is 0 Å². The topological polar surface area (TPSA) is 38.0 Å². The number of rotatable bonds is 7. The number of benzene rings is 1. The summed E-state index contributed by atoms with van der Waals surface area (Å²) in [6.07, 6.45) is 3.55. The molecule has 19 heavy (non-hydrogen) atoms. The van der Waals surface area contributed by atoms with Crippen molar-refractivity contribution in [2.45, 2.75) is 45.6 Å². The van der Waals surface area contributed by atoms with E-state index in [4.69, 9.17) is 5.84 Å². The standard InChI is InChI=1S/C14H21F3N2/c1-3-5-9(6-4-2)14(19-18)10-7-8-11(15)13(17)12(10)16/h7-9,14,19H,3-6,18H2,1-2H3. The molecular formula is C14H21F3N2. The molecule has 2 nitrogen and oxygen atoms in total. The maximum atomic E-state index is 13.8. The van der Waals surface area contributed by atoms with E-state index in [0.717, 1.165) is 31.7 Å². The molecule has 0 saturated carbocycles. The molecule has 1 unspecified atom stereocenters. The molecule has 0 aliphatic heterocycles. The lowest BCUT2D eigenvalue weighted by Crippen LogP contribution is -2.34. The minimum Gasteiger partial charge on any atom is -0.271 e. The SMILES string of the molecule is CCCC(CCC)C(NN)c1ccc(F)c(F)c1F. The second-order valence-electron chi connectivity index (χ2n) is 4.75. The predicted molar refractivity (Wildman–Crippen MR) is 69.7 cm³/mol. The molecule has 0 amide bonds. The summed E-state index contributed by atoms with van der Waals surface area (Å²) in [5, 5.41) is 0. The zero-order chi connectivity index (χ0) is 14.4. The van der Waals surface area contributed by atoms with Crippen molar-refractivity contribution in [3.05, 3.63) is 35.1 Å². The van der Waals surface area contributed by atoms with Crippen molar-refractivity contribution >= 4 is 0 Å². The zero-order valence-electron chi connectivity index (χ0n) is 11.3. The van der Waals surface area contributed by atoms with Crippen LogP contribution < -0.4 is 11.3 Å². The molecule has 0 fully saturated rings. The molecule has 0 aromatic heterocycles. The Hall–Kier alpha value is -1.07. The van der Waals surface area contributed by atoms with E-state index in [1.807, 2.05) is 13.8 Å². The van der Waals surface area contributed by atoms with E-state index < -0.39 is 23.5 Å². The van der Waals surface area contributed by atoms with E-state index in [9.17, 15) is 13.2 Å². The van der Waals surface area contributed by atoms with Crippen LogP contribution in [0, 0.1) is 23.4 Å². The average molecular weight is 274 g/mol. The molecule has 0 heterocycles. The fourth-order valence-electron chi connectivity index (χ4n) is 2.48. The number of halogens is 3. The van der Waals surface area contributed by atoms with Crippen LogP contribution in [0.25, 0.3) is 0 Å². The summed E-state index contributed by atoms with van der Waals surface area (Å²) in [5.41, 5.74) is 2.64. The molecule has 0 spiro atoms. The third kappa shape index (κ3) is 3.70. The van der Waals surface area contributed by atoms with Gasteiger partial charge in [-0.1, -0.05) is 32.8 Å². The summed E-state index contributed by atoms with van der Waals surface area (Å²) < 4.78 is 40.1. The van der Waals surface area contributed by atoms with Crippen molar-refractivity contribution < 1.29 is 13.2 Å². The second-order valence-corrected chi connectivity index (χ2v) is 4.75. The minimum absolute atomic E-state index is 0.0910. The van der Waals surface area contributed by atoms with Gasteiger partial charge in [-0.05, 0) is 24.8 Å². The second kappa shape index (κ2) is 7.50. The third-order valence-corrected chi connectivity index (χ3v) is 3.37. The highest BCUT2D eigenvalue weighted by Gasteiger charge is 2.26. The van der Waals surface area contributed by atoms with Crippen LogP contribution in [-0.2, 0) is 0 Å². The molecule has 0 aliphatic rings. The number of hydrazine groups is 1. The van der Waals surface area contributed by atoms with Gasteiger partial charge in [0.25, 0.3) is 0 Å². The smallest absolute Gasteiger partial charge is 0.194 e. The van der Waals surface area contributed by atoms with Gasteiger partial charge in [0.15, 0.2) is 17.5 Å². The van der Waals surface area contributed by atoms with Crippen LogP contribution in [-0.4, -0.2) is 0 Å². The van der Waals surface area contributed by atoms with E-state index in [1.54, 1.807) is 0 Å². The van der Waals surface area contributed by atoms with Gasteiger partial charge < -0.3 is 0 Å². The van der Waals surface area contributed by atoms with Crippen molar-refractivity contribution in [3.63, 3.8) is 0 Å². The lowest BCUT2D eigenvalue weighted by atomic mass is 9.86. The average Bonchev–Trinajstić information content (AvgIpc) is 2.40. The first-order chi connectivity index (χ1) is 9.06. The van der Waals surface area contributed by atoms with Crippen molar-refractivity contribution in [1.29, 1.82) is 0 Å². The molecule has 1 atom stereocenters. The summed E-state index contributed by atoms with van der Waals surface area (Å²) in [4.78, 5) is 0. The monoisotopic (exact) mass is 274 g/mol. The van der Waals surface area contributed by atoms with Gasteiger partial charge in [0.1, 0.15) is 0 Å². The molecule has 1 aromatic carbocycles. The summed E-state index contributed by atoms with van der Waals surface area (Å²) in [7, 11) is 0. The predicted octanol–water partition coefficient (Wildman–Crippen LogP) is 3.82. The summed E-state index contributed by atoms with van der Waals surface area (Å²) in [5.74, 6) is 1.81. The van der Waals surface area contributed by atoms with Gasteiger partial charge in [-0.25, -0.2) is 13.2 Å². The number of hydrogen-bond donors (Lipinski definition) is 2. The van der Waals surface area contributed by atoms with E-state index in [-0.39, 0.29) is 11.5 Å². The fourth-order valence-corrected chi connectivity index (χ4v) is 2.48. The Bertz CT molecular complexity index is 404. The highest BCUT2D eigenvalue weighted by atomic mass is 19.2. The molecule has 108 valence electrons. The molecule has 3 N–H and O–H groups in total. The first-order valence-corrected chi connectivity index (χ1v) is 6.66. The molecule has 0 bridgehead atoms. The molecule has 0 saturated heterocycles. The number of nitrogens with one attached hydrogen (secondary N) is 1. The lowest BCUT2D eigenvalue weighted by molar-refractivity contribution is 0.307. The van der Waals surface area contributed by atoms with Gasteiger partial charge in [-0.2, -0.15) is 0 Å². The Morgan fingerprint density at radius 3 is 2.11 bits per heavy atom. The third-order valence-electron chi connectivity index (χ3n) is 3.37. The van der Waals surface area contributed by atoms with Crippen LogP contribution in [0.5, 0.6) is 0 Å². The summed E-state index contributed by atoms with van der Waals surface area (Å²) >= 11 is 0. The van der Waals surface area contributed by atoms with E-state index in [0.29, 0.717) is 0 Å². The largest absolute Gasteiger partial charge is 0.271 e. The Labute approximate surface area is 112 Å². The molecule has 0 aliphatic carbocycles. The van der Waals surface area contributed by atoms with Gasteiger partial charge in [0, 0.05) is 5.56 Å². The number of hydrogen-bond acceptors (Lipinski definition) is 2. The Balaban J connectivity index is 3.10. The Kier molecular flexibility index (Phi) is 6.31. The Morgan fingerprint density at radius 2 is 1.63 bits per heavy atom. The lowest BCUT2D eigenvalue weighted by Gasteiger charge is -2.27. The zero-order valence-corrected chi connectivity index (χ0v) is 11.3. The van der Waals surface area contributed by atoms with E-state index in [2.05, 4.69) is 5.43 Å². The molecule has 1 aromatic rings. The van der Waals surface area contributed by atoms with Crippen LogP contribution >= 0.6 is 0 Å². The fraction of sp³-hybridized carbons (Fsp3) is 0.571. The summed E-state index contributed by atoms with van der Waals surface area (Å²) in [6.45, 7) is 4.05.